The molecular weight excluding hydrogens is 246 g/mol. The molecule has 1 saturated carbocycles. The molecule has 2 heteroatoms. The summed E-state index contributed by atoms with van der Waals surface area (Å²) in [6.45, 7) is 12.0. The molecule has 0 saturated heterocycles. The molecule has 0 amide bonds. The molecule has 20 heavy (non-hydrogen) atoms. The van der Waals surface area contributed by atoms with Crippen molar-refractivity contribution in [2.45, 2.75) is 78.7 Å². The van der Waals surface area contributed by atoms with E-state index in [0.29, 0.717) is 6.04 Å². The number of nitrogens with one attached hydrogen (secondary N) is 1. The highest BCUT2D eigenvalue weighted by molar-refractivity contribution is 4.82. The topological polar surface area (TPSA) is 21.3 Å². The summed E-state index contributed by atoms with van der Waals surface area (Å²) in [6, 6.07) is 0.618. The SMILES string of the molecule is CCCC1CCC(CNC(C)C)C(CCCOCC)C1. The van der Waals surface area contributed by atoms with Gasteiger partial charge in [-0.15, -0.1) is 0 Å². The summed E-state index contributed by atoms with van der Waals surface area (Å²) >= 11 is 0. The summed E-state index contributed by atoms with van der Waals surface area (Å²) in [5.74, 6) is 2.81. The molecule has 1 aliphatic carbocycles. The first-order valence-electron chi connectivity index (χ1n) is 8.98. The molecule has 1 rings (SSSR count). The Morgan fingerprint density at radius 3 is 2.55 bits per heavy atom. The van der Waals surface area contributed by atoms with E-state index in [2.05, 4.69) is 33.0 Å². The molecule has 0 heterocycles. The number of hydrogen-bond donors (Lipinski definition) is 1. The lowest BCUT2D eigenvalue weighted by molar-refractivity contribution is 0.115. The maximum Gasteiger partial charge on any atom is 0.0465 e. The number of rotatable bonds is 10. The summed E-state index contributed by atoms with van der Waals surface area (Å²) in [7, 11) is 0. The Hall–Kier alpha value is -0.0800. The maximum absolute atomic E-state index is 5.52. The van der Waals surface area contributed by atoms with Gasteiger partial charge >= 0.3 is 0 Å². The van der Waals surface area contributed by atoms with Gasteiger partial charge in [0.1, 0.15) is 0 Å². The van der Waals surface area contributed by atoms with E-state index in [1.165, 1.54) is 51.5 Å². The van der Waals surface area contributed by atoms with Crippen LogP contribution in [0.5, 0.6) is 0 Å². The minimum absolute atomic E-state index is 0.618. The Morgan fingerprint density at radius 2 is 1.90 bits per heavy atom. The molecule has 3 unspecified atom stereocenters. The van der Waals surface area contributed by atoms with Crippen LogP contribution >= 0.6 is 0 Å². The first kappa shape index (κ1) is 18.0. The van der Waals surface area contributed by atoms with E-state index in [4.69, 9.17) is 4.74 Å². The van der Waals surface area contributed by atoms with Crippen LogP contribution in [0.4, 0.5) is 0 Å². The summed E-state index contributed by atoms with van der Waals surface area (Å²) in [5, 5.41) is 3.66. The van der Waals surface area contributed by atoms with Crippen molar-refractivity contribution in [1.29, 1.82) is 0 Å². The second-order valence-electron chi connectivity index (χ2n) is 6.89. The van der Waals surface area contributed by atoms with E-state index < -0.39 is 0 Å². The van der Waals surface area contributed by atoms with Gasteiger partial charge < -0.3 is 10.1 Å². The van der Waals surface area contributed by atoms with Crippen molar-refractivity contribution in [3.8, 4) is 0 Å². The van der Waals surface area contributed by atoms with Gasteiger partial charge in [0.15, 0.2) is 0 Å². The standard InChI is InChI=1S/C18H37NO/c1-5-8-16-10-11-18(14-19-15(3)4)17(13-16)9-7-12-20-6-2/h15-19H,5-14H2,1-4H3. The lowest BCUT2D eigenvalue weighted by Crippen LogP contribution is -2.36. The van der Waals surface area contributed by atoms with Gasteiger partial charge in [-0.25, -0.2) is 0 Å². The third kappa shape index (κ3) is 7.08. The Labute approximate surface area is 127 Å². The van der Waals surface area contributed by atoms with Crippen LogP contribution < -0.4 is 5.32 Å². The zero-order valence-electron chi connectivity index (χ0n) is 14.3. The zero-order chi connectivity index (χ0) is 14.8. The molecule has 1 fully saturated rings. The number of hydrogen-bond acceptors (Lipinski definition) is 2. The van der Waals surface area contributed by atoms with Crippen molar-refractivity contribution < 1.29 is 4.74 Å². The van der Waals surface area contributed by atoms with Crippen LogP contribution in [0.15, 0.2) is 0 Å². The molecule has 0 radical (unpaired) electrons. The highest BCUT2D eigenvalue weighted by atomic mass is 16.5. The first-order chi connectivity index (χ1) is 9.67. The zero-order valence-corrected chi connectivity index (χ0v) is 14.3. The van der Waals surface area contributed by atoms with E-state index in [0.717, 1.165) is 31.0 Å². The average Bonchev–Trinajstić information content (AvgIpc) is 2.43. The van der Waals surface area contributed by atoms with Crippen molar-refractivity contribution in [2.75, 3.05) is 19.8 Å². The van der Waals surface area contributed by atoms with E-state index in [1.807, 2.05) is 0 Å². The molecule has 2 nitrogen and oxygen atoms in total. The summed E-state index contributed by atoms with van der Waals surface area (Å²) in [5.41, 5.74) is 0. The van der Waals surface area contributed by atoms with Gasteiger partial charge in [0.25, 0.3) is 0 Å². The summed E-state index contributed by atoms with van der Waals surface area (Å²) in [4.78, 5) is 0. The third-order valence-corrected chi connectivity index (χ3v) is 4.80. The van der Waals surface area contributed by atoms with Crippen molar-refractivity contribution in [1.82, 2.24) is 5.32 Å². The van der Waals surface area contributed by atoms with E-state index in [1.54, 1.807) is 0 Å². The van der Waals surface area contributed by atoms with Crippen LogP contribution in [0.1, 0.15) is 72.6 Å². The van der Waals surface area contributed by atoms with E-state index in [-0.39, 0.29) is 0 Å². The van der Waals surface area contributed by atoms with Crippen molar-refractivity contribution in [2.24, 2.45) is 17.8 Å². The molecule has 0 bridgehead atoms. The number of ether oxygens (including phenoxy) is 1. The largest absolute Gasteiger partial charge is 0.382 e. The predicted molar refractivity (Wildman–Crippen MR) is 88.1 cm³/mol. The predicted octanol–water partition coefficient (Wildman–Crippen LogP) is 4.63. The first-order valence-corrected chi connectivity index (χ1v) is 8.98. The fourth-order valence-corrected chi connectivity index (χ4v) is 3.70. The van der Waals surface area contributed by atoms with Gasteiger partial charge in [0, 0.05) is 19.3 Å². The Morgan fingerprint density at radius 1 is 1.10 bits per heavy atom. The average molecular weight is 284 g/mol. The van der Waals surface area contributed by atoms with Crippen LogP contribution in [0, 0.1) is 17.8 Å². The fourth-order valence-electron chi connectivity index (χ4n) is 3.70. The third-order valence-electron chi connectivity index (χ3n) is 4.80. The summed E-state index contributed by atoms with van der Waals surface area (Å²) in [6.07, 6.45) is 9.76. The van der Waals surface area contributed by atoms with Crippen LogP contribution in [-0.4, -0.2) is 25.8 Å². The van der Waals surface area contributed by atoms with E-state index in [9.17, 15) is 0 Å². The second kappa shape index (κ2) is 10.6. The lowest BCUT2D eigenvalue weighted by atomic mass is 9.71. The monoisotopic (exact) mass is 283 g/mol. The highest BCUT2D eigenvalue weighted by Gasteiger charge is 2.29. The van der Waals surface area contributed by atoms with Crippen LogP contribution in [0.2, 0.25) is 0 Å². The maximum atomic E-state index is 5.52. The minimum atomic E-state index is 0.618. The van der Waals surface area contributed by atoms with Gasteiger partial charge in [-0.1, -0.05) is 40.0 Å². The van der Waals surface area contributed by atoms with Gasteiger partial charge in [0.2, 0.25) is 0 Å². The molecule has 0 aliphatic heterocycles. The van der Waals surface area contributed by atoms with Crippen molar-refractivity contribution in [3.05, 3.63) is 0 Å². The normalized spacial score (nSPS) is 27.1. The molecule has 1 N–H and O–H groups in total. The van der Waals surface area contributed by atoms with Crippen molar-refractivity contribution in [3.63, 3.8) is 0 Å². The Bertz CT molecular complexity index is 229. The van der Waals surface area contributed by atoms with Crippen LogP contribution in [0.25, 0.3) is 0 Å². The fraction of sp³-hybridized carbons (Fsp3) is 1.00. The Balaban J connectivity index is 2.39. The molecule has 0 spiro atoms. The lowest BCUT2D eigenvalue weighted by Gasteiger charge is -2.37. The Kier molecular flexibility index (Phi) is 9.54. The van der Waals surface area contributed by atoms with Gasteiger partial charge in [0.05, 0.1) is 0 Å². The molecule has 1 aliphatic rings. The van der Waals surface area contributed by atoms with Gasteiger partial charge in [-0.3, -0.25) is 0 Å². The van der Waals surface area contributed by atoms with Crippen molar-refractivity contribution >= 4 is 0 Å². The quantitative estimate of drug-likeness (QED) is 0.590. The summed E-state index contributed by atoms with van der Waals surface area (Å²) < 4.78 is 5.52. The molecular formula is C18H37NO. The van der Waals surface area contributed by atoms with E-state index >= 15 is 0 Å². The highest BCUT2D eigenvalue weighted by Crippen LogP contribution is 2.38. The smallest absolute Gasteiger partial charge is 0.0465 e. The molecule has 3 atom stereocenters. The molecule has 0 aromatic heterocycles. The van der Waals surface area contributed by atoms with Gasteiger partial charge in [-0.05, 0) is 56.9 Å². The van der Waals surface area contributed by atoms with Gasteiger partial charge in [-0.2, -0.15) is 0 Å². The minimum Gasteiger partial charge on any atom is -0.382 e. The molecule has 0 aromatic carbocycles. The van der Waals surface area contributed by atoms with Crippen LogP contribution in [-0.2, 0) is 4.74 Å². The molecule has 120 valence electrons. The second-order valence-corrected chi connectivity index (χ2v) is 6.89. The molecule has 0 aromatic rings. The van der Waals surface area contributed by atoms with Crippen LogP contribution in [0.3, 0.4) is 0 Å².